The van der Waals surface area contributed by atoms with Gasteiger partial charge in [-0.1, -0.05) is 46.3 Å². The zero-order valence-electron chi connectivity index (χ0n) is 11.1. The van der Waals surface area contributed by atoms with Crippen LogP contribution in [0.2, 0.25) is 0 Å². The van der Waals surface area contributed by atoms with Gasteiger partial charge in [-0.3, -0.25) is 0 Å². The fourth-order valence-corrected chi connectivity index (χ4v) is 2.14. The summed E-state index contributed by atoms with van der Waals surface area (Å²) in [6, 6.07) is 13.7. The maximum atomic E-state index is 13.3. The fourth-order valence-electron chi connectivity index (χ4n) is 1.70. The van der Waals surface area contributed by atoms with E-state index in [0.29, 0.717) is 12.1 Å². The molecule has 3 nitrogen and oxygen atoms in total. The summed E-state index contributed by atoms with van der Waals surface area (Å²) >= 11 is 3.37. The summed E-state index contributed by atoms with van der Waals surface area (Å²) in [6.07, 6.45) is 2.92. The van der Waals surface area contributed by atoms with E-state index in [-0.39, 0.29) is 11.8 Å². The summed E-state index contributed by atoms with van der Waals surface area (Å²) in [6.45, 7) is 0.415. The number of nitrogens with one attached hydrogen (secondary N) is 2. The van der Waals surface area contributed by atoms with Crippen molar-refractivity contribution in [2.24, 2.45) is 0 Å². The van der Waals surface area contributed by atoms with Gasteiger partial charge < -0.3 is 10.6 Å². The molecule has 2 rings (SSSR count). The number of rotatable bonds is 4. The van der Waals surface area contributed by atoms with Crippen molar-refractivity contribution >= 4 is 28.0 Å². The SMILES string of the molecule is O=C(N/C=C/c1ccccc1F)NCc1cccc(Br)c1. The van der Waals surface area contributed by atoms with Crippen molar-refractivity contribution in [3.63, 3.8) is 0 Å². The molecular weight excluding hydrogens is 335 g/mol. The zero-order chi connectivity index (χ0) is 15.1. The number of amides is 2. The molecule has 0 saturated heterocycles. The Balaban J connectivity index is 1.81. The monoisotopic (exact) mass is 348 g/mol. The summed E-state index contributed by atoms with van der Waals surface area (Å²) in [4.78, 5) is 11.6. The molecule has 21 heavy (non-hydrogen) atoms. The van der Waals surface area contributed by atoms with E-state index in [1.54, 1.807) is 18.2 Å². The van der Waals surface area contributed by atoms with Crippen molar-refractivity contribution in [3.8, 4) is 0 Å². The van der Waals surface area contributed by atoms with Crippen molar-refractivity contribution in [1.29, 1.82) is 0 Å². The lowest BCUT2D eigenvalue weighted by Gasteiger charge is -2.05. The van der Waals surface area contributed by atoms with Crippen LogP contribution in [-0.2, 0) is 6.54 Å². The molecule has 0 spiro atoms. The number of carbonyl (C=O) groups excluding carboxylic acids is 1. The Morgan fingerprint density at radius 3 is 2.76 bits per heavy atom. The van der Waals surface area contributed by atoms with E-state index in [9.17, 15) is 9.18 Å². The lowest BCUT2D eigenvalue weighted by atomic mass is 10.2. The van der Waals surface area contributed by atoms with Gasteiger partial charge in [0.15, 0.2) is 0 Å². The van der Waals surface area contributed by atoms with Crippen LogP contribution in [0.3, 0.4) is 0 Å². The molecule has 108 valence electrons. The molecule has 2 aromatic rings. The smallest absolute Gasteiger partial charge is 0.319 e. The predicted molar refractivity (Wildman–Crippen MR) is 84.9 cm³/mol. The second-order valence-corrected chi connectivity index (χ2v) is 5.23. The van der Waals surface area contributed by atoms with Gasteiger partial charge in [-0.25, -0.2) is 9.18 Å². The Bertz CT molecular complexity index is 658. The van der Waals surface area contributed by atoms with Crippen LogP contribution in [0, 0.1) is 5.82 Å². The highest BCUT2D eigenvalue weighted by atomic mass is 79.9. The second-order valence-electron chi connectivity index (χ2n) is 4.31. The molecule has 0 atom stereocenters. The van der Waals surface area contributed by atoms with E-state index in [1.165, 1.54) is 18.3 Å². The minimum Gasteiger partial charge on any atom is -0.334 e. The van der Waals surface area contributed by atoms with Gasteiger partial charge in [0.25, 0.3) is 0 Å². The molecule has 0 fully saturated rings. The lowest BCUT2D eigenvalue weighted by molar-refractivity contribution is 0.244. The number of hydrogen-bond acceptors (Lipinski definition) is 1. The molecule has 0 bridgehead atoms. The van der Waals surface area contributed by atoms with Crippen molar-refractivity contribution in [2.75, 3.05) is 0 Å². The number of halogens is 2. The minimum absolute atomic E-state index is 0.329. The van der Waals surface area contributed by atoms with Gasteiger partial charge in [0.05, 0.1) is 0 Å². The minimum atomic E-state index is -0.345. The molecule has 0 radical (unpaired) electrons. The van der Waals surface area contributed by atoms with Gasteiger partial charge in [0.1, 0.15) is 5.82 Å². The van der Waals surface area contributed by atoms with Crippen LogP contribution in [0.5, 0.6) is 0 Å². The van der Waals surface area contributed by atoms with Crippen LogP contribution >= 0.6 is 15.9 Å². The Morgan fingerprint density at radius 2 is 2.00 bits per heavy atom. The molecule has 2 N–H and O–H groups in total. The quantitative estimate of drug-likeness (QED) is 0.859. The van der Waals surface area contributed by atoms with Gasteiger partial charge in [0, 0.05) is 22.8 Å². The van der Waals surface area contributed by atoms with Crippen LogP contribution in [0.15, 0.2) is 59.2 Å². The molecule has 0 heterocycles. The number of hydrogen-bond donors (Lipinski definition) is 2. The summed E-state index contributed by atoms with van der Waals surface area (Å²) in [5, 5.41) is 5.25. The summed E-state index contributed by atoms with van der Waals surface area (Å²) in [5.41, 5.74) is 1.40. The standard InChI is InChI=1S/C16H14BrFN2O/c17-14-6-3-4-12(10-14)11-20-16(21)19-9-8-13-5-1-2-7-15(13)18/h1-10H,11H2,(H2,19,20,21)/b9-8+. The molecule has 0 unspecified atom stereocenters. The van der Waals surface area contributed by atoms with Crippen LogP contribution < -0.4 is 10.6 Å². The van der Waals surface area contributed by atoms with E-state index in [4.69, 9.17) is 0 Å². The van der Waals surface area contributed by atoms with Gasteiger partial charge >= 0.3 is 6.03 Å². The third-order valence-electron chi connectivity index (χ3n) is 2.72. The fraction of sp³-hybridized carbons (Fsp3) is 0.0625. The third kappa shape index (κ3) is 5.04. The average Bonchev–Trinajstić information content (AvgIpc) is 2.47. The zero-order valence-corrected chi connectivity index (χ0v) is 12.7. The van der Waals surface area contributed by atoms with E-state index >= 15 is 0 Å². The third-order valence-corrected chi connectivity index (χ3v) is 3.22. The first-order valence-electron chi connectivity index (χ1n) is 6.35. The molecule has 0 aliphatic carbocycles. The summed E-state index contributed by atoms with van der Waals surface area (Å²) in [5.74, 6) is -0.329. The van der Waals surface area contributed by atoms with Crippen molar-refractivity contribution in [3.05, 3.63) is 76.1 Å². The average molecular weight is 349 g/mol. The number of carbonyl (C=O) groups is 1. The number of urea groups is 1. The highest BCUT2D eigenvalue weighted by Crippen LogP contribution is 2.11. The first kappa shape index (κ1) is 15.3. The maximum Gasteiger partial charge on any atom is 0.319 e. The second kappa shape index (κ2) is 7.59. The van der Waals surface area contributed by atoms with Gasteiger partial charge in [0.2, 0.25) is 0 Å². The van der Waals surface area contributed by atoms with Crippen LogP contribution in [0.1, 0.15) is 11.1 Å². The summed E-state index contributed by atoms with van der Waals surface area (Å²) < 4.78 is 14.3. The Kier molecular flexibility index (Phi) is 5.51. The van der Waals surface area contributed by atoms with E-state index < -0.39 is 0 Å². The normalized spacial score (nSPS) is 10.6. The Morgan fingerprint density at radius 1 is 1.19 bits per heavy atom. The Labute approximate surface area is 131 Å². The topological polar surface area (TPSA) is 41.1 Å². The van der Waals surface area contributed by atoms with E-state index in [2.05, 4.69) is 26.6 Å². The maximum absolute atomic E-state index is 13.3. The molecule has 0 aliphatic heterocycles. The molecule has 2 amide bonds. The molecule has 0 aromatic heterocycles. The van der Waals surface area contributed by atoms with Crippen molar-refractivity contribution < 1.29 is 9.18 Å². The Hall–Kier alpha value is -2.14. The first-order valence-corrected chi connectivity index (χ1v) is 7.14. The van der Waals surface area contributed by atoms with Crippen molar-refractivity contribution in [1.82, 2.24) is 10.6 Å². The van der Waals surface area contributed by atoms with Crippen LogP contribution in [0.4, 0.5) is 9.18 Å². The molecule has 0 aliphatic rings. The highest BCUT2D eigenvalue weighted by molar-refractivity contribution is 9.10. The number of benzene rings is 2. The molecular formula is C16H14BrFN2O. The predicted octanol–water partition coefficient (Wildman–Crippen LogP) is 4.06. The van der Waals surface area contributed by atoms with E-state index in [0.717, 1.165) is 10.0 Å². The highest BCUT2D eigenvalue weighted by Gasteiger charge is 1.99. The van der Waals surface area contributed by atoms with Gasteiger partial charge in [-0.2, -0.15) is 0 Å². The first-order chi connectivity index (χ1) is 10.1. The lowest BCUT2D eigenvalue weighted by Crippen LogP contribution is -2.31. The molecule has 2 aromatic carbocycles. The van der Waals surface area contributed by atoms with E-state index in [1.807, 2.05) is 24.3 Å². The molecule has 0 saturated carbocycles. The van der Waals surface area contributed by atoms with Gasteiger partial charge in [-0.15, -0.1) is 0 Å². The van der Waals surface area contributed by atoms with Crippen molar-refractivity contribution in [2.45, 2.75) is 6.54 Å². The van der Waals surface area contributed by atoms with Gasteiger partial charge in [-0.05, 0) is 29.8 Å². The molecule has 5 heteroatoms. The van der Waals surface area contributed by atoms with Crippen LogP contribution in [-0.4, -0.2) is 6.03 Å². The summed E-state index contributed by atoms with van der Waals surface area (Å²) in [7, 11) is 0. The largest absolute Gasteiger partial charge is 0.334 e. The van der Waals surface area contributed by atoms with Crippen LogP contribution in [0.25, 0.3) is 6.08 Å².